The van der Waals surface area contributed by atoms with Gasteiger partial charge in [0.05, 0.1) is 6.04 Å². The number of hydrogen-bond acceptors (Lipinski definition) is 5. The van der Waals surface area contributed by atoms with Gasteiger partial charge in [-0.25, -0.2) is 4.98 Å². The molecule has 1 saturated heterocycles. The molecule has 1 atom stereocenters. The number of nitrogens with zero attached hydrogens (tertiary/aromatic N) is 2. The Bertz CT molecular complexity index is 1040. The second-order valence-electron chi connectivity index (χ2n) is 7.46. The van der Waals surface area contributed by atoms with Gasteiger partial charge in [-0.3, -0.25) is 4.79 Å². The molecule has 0 bridgehead atoms. The van der Waals surface area contributed by atoms with Gasteiger partial charge < -0.3 is 14.4 Å². The third-order valence-electron chi connectivity index (χ3n) is 5.49. The summed E-state index contributed by atoms with van der Waals surface area (Å²) in [5.74, 6) is 1.54. The van der Waals surface area contributed by atoms with Crippen molar-refractivity contribution in [3.63, 3.8) is 0 Å². The fourth-order valence-electron chi connectivity index (χ4n) is 3.97. The van der Waals surface area contributed by atoms with Crippen LogP contribution in [0.25, 0.3) is 10.6 Å². The third kappa shape index (κ3) is 3.49. The van der Waals surface area contributed by atoms with Gasteiger partial charge in [0.25, 0.3) is 5.91 Å². The van der Waals surface area contributed by atoms with E-state index in [0.717, 1.165) is 47.0 Å². The fourth-order valence-corrected chi connectivity index (χ4v) is 4.77. The van der Waals surface area contributed by atoms with E-state index in [0.29, 0.717) is 18.9 Å². The van der Waals surface area contributed by atoms with Gasteiger partial charge in [-0.05, 0) is 37.5 Å². The molecule has 1 fully saturated rings. The van der Waals surface area contributed by atoms with E-state index >= 15 is 0 Å². The molecule has 5 nitrogen and oxygen atoms in total. The lowest BCUT2D eigenvalue weighted by atomic mass is 10.0. The lowest BCUT2D eigenvalue weighted by Gasteiger charge is -2.26. The van der Waals surface area contributed by atoms with Crippen molar-refractivity contribution >= 4 is 17.2 Å². The largest absolute Gasteiger partial charge is 0.486 e. The lowest BCUT2D eigenvalue weighted by molar-refractivity contribution is 0.0730. The molecule has 0 unspecified atom stereocenters. The van der Waals surface area contributed by atoms with Gasteiger partial charge in [-0.2, -0.15) is 0 Å². The third-order valence-corrected chi connectivity index (χ3v) is 6.38. The number of aromatic nitrogens is 1. The van der Waals surface area contributed by atoms with Crippen molar-refractivity contribution < 1.29 is 14.3 Å². The molecule has 0 N–H and O–H groups in total. The van der Waals surface area contributed by atoms with Crippen LogP contribution in [0.3, 0.4) is 0 Å². The Morgan fingerprint density at radius 1 is 1.10 bits per heavy atom. The first-order valence-electron chi connectivity index (χ1n) is 9.92. The zero-order valence-corrected chi connectivity index (χ0v) is 17.1. The van der Waals surface area contributed by atoms with E-state index in [-0.39, 0.29) is 11.9 Å². The first-order valence-corrected chi connectivity index (χ1v) is 10.8. The van der Waals surface area contributed by atoms with Crippen molar-refractivity contribution in [2.24, 2.45) is 0 Å². The highest BCUT2D eigenvalue weighted by Crippen LogP contribution is 2.39. The summed E-state index contributed by atoms with van der Waals surface area (Å²) in [4.78, 5) is 19.8. The van der Waals surface area contributed by atoms with Crippen LogP contribution < -0.4 is 9.47 Å². The number of thiazole rings is 1. The van der Waals surface area contributed by atoms with Crippen molar-refractivity contribution in [2.45, 2.75) is 25.8 Å². The van der Waals surface area contributed by atoms with Crippen LogP contribution in [-0.4, -0.2) is 35.5 Å². The van der Waals surface area contributed by atoms with E-state index in [1.807, 2.05) is 28.5 Å². The van der Waals surface area contributed by atoms with Crippen LogP contribution in [0.5, 0.6) is 11.5 Å². The highest BCUT2D eigenvalue weighted by Gasteiger charge is 2.32. The summed E-state index contributed by atoms with van der Waals surface area (Å²) in [6, 6.07) is 14.3. The minimum atomic E-state index is -0.00278. The number of aryl methyl sites for hydroxylation is 1. The number of carbonyl (C=O) groups is 1. The minimum Gasteiger partial charge on any atom is -0.486 e. The molecule has 0 saturated carbocycles. The maximum Gasteiger partial charge on any atom is 0.273 e. The second-order valence-corrected chi connectivity index (χ2v) is 8.32. The van der Waals surface area contributed by atoms with Crippen molar-refractivity contribution in [1.29, 1.82) is 0 Å². The lowest BCUT2D eigenvalue weighted by Crippen LogP contribution is -2.30. The zero-order valence-electron chi connectivity index (χ0n) is 16.3. The summed E-state index contributed by atoms with van der Waals surface area (Å²) in [5, 5.41) is 2.75. The molecule has 3 aromatic rings. The van der Waals surface area contributed by atoms with Gasteiger partial charge in [-0.15, -0.1) is 11.3 Å². The van der Waals surface area contributed by atoms with Crippen LogP contribution in [0, 0.1) is 6.92 Å². The summed E-state index contributed by atoms with van der Waals surface area (Å²) >= 11 is 1.52. The molecule has 2 aliphatic heterocycles. The van der Waals surface area contributed by atoms with Crippen LogP contribution in [0.4, 0.5) is 0 Å². The Morgan fingerprint density at radius 2 is 1.90 bits per heavy atom. The molecule has 2 aliphatic rings. The zero-order chi connectivity index (χ0) is 19.8. The molecule has 5 rings (SSSR count). The molecule has 1 aromatic heterocycles. The monoisotopic (exact) mass is 406 g/mol. The molecule has 0 aliphatic carbocycles. The van der Waals surface area contributed by atoms with E-state index in [1.54, 1.807) is 0 Å². The molecule has 2 aromatic carbocycles. The van der Waals surface area contributed by atoms with Gasteiger partial charge in [0.2, 0.25) is 0 Å². The molecule has 3 heterocycles. The molecule has 29 heavy (non-hydrogen) atoms. The van der Waals surface area contributed by atoms with E-state index in [9.17, 15) is 4.79 Å². The maximum absolute atomic E-state index is 13.2. The first kappa shape index (κ1) is 18.2. The summed E-state index contributed by atoms with van der Waals surface area (Å²) in [6.45, 7) is 3.94. The number of rotatable bonds is 3. The van der Waals surface area contributed by atoms with E-state index < -0.39 is 0 Å². The van der Waals surface area contributed by atoms with Gasteiger partial charge in [0, 0.05) is 17.5 Å². The highest BCUT2D eigenvalue weighted by molar-refractivity contribution is 7.13. The average Bonchev–Trinajstić information content (AvgIpc) is 3.44. The normalized spacial score (nSPS) is 18.1. The number of hydrogen-bond donors (Lipinski definition) is 0. The first-order chi connectivity index (χ1) is 14.2. The predicted octanol–water partition coefficient (Wildman–Crippen LogP) is 4.87. The number of fused-ring (bicyclic) bond motifs is 1. The SMILES string of the molecule is Cc1ccc(-c2nc(C(=O)N3CCC[C@H]3c3ccc4c(c3)OCCO4)cs2)cc1. The van der Waals surface area contributed by atoms with Crippen LogP contribution in [-0.2, 0) is 0 Å². The van der Waals surface area contributed by atoms with Crippen LogP contribution >= 0.6 is 11.3 Å². The standard InChI is InChI=1S/C23H22N2O3S/c1-15-4-6-16(7-5-15)22-24-18(14-29-22)23(26)25-10-2-3-19(25)17-8-9-20-21(13-17)28-12-11-27-20/h4-9,13-14,19H,2-3,10-12H2,1H3/t19-/m0/s1. The van der Waals surface area contributed by atoms with Crippen LogP contribution in [0.2, 0.25) is 0 Å². The van der Waals surface area contributed by atoms with Gasteiger partial charge >= 0.3 is 0 Å². The van der Waals surface area contributed by atoms with E-state index in [2.05, 4.69) is 36.2 Å². The number of carbonyl (C=O) groups excluding carboxylic acids is 1. The molecule has 0 radical (unpaired) electrons. The smallest absolute Gasteiger partial charge is 0.273 e. The van der Waals surface area contributed by atoms with Crippen molar-refractivity contribution in [3.8, 4) is 22.1 Å². The van der Waals surface area contributed by atoms with Gasteiger partial charge in [0.1, 0.15) is 23.9 Å². The van der Waals surface area contributed by atoms with Crippen LogP contribution in [0.1, 0.15) is 40.5 Å². The van der Waals surface area contributed by atoms with Crippen LogP contribution in [0.15, 0.2) is 47.8 Å². The quantitative estimate of drug-likeness (QED) is 0.623. The molecule has 1 amide bonds. The Labute approximate surface area is 173 Å². The molecular formula is C23H22N2O3S. The molecular weight excluding hydrogens is 384 g/mol. The summed E-state index contributed by atoms with van der Waals surface area (Å²) in [6.07, 6.45) is 1.93. The van der Waals surface area contributed by atoms with E-state index in [4.69, 9.17) is 9.47 Å². The van der Waals surface area contributed by atoms with Crippen molar-refractivity contribution in [3.05, 3.63) is 64.7 Å². The summed E-state index contributed by atoms with van der Waals surface area (Å²) in [5.41, 5.74) is 3.87. The summed E-state index contributed by atoms with van der Waals surface area (Å²) < 4.78 is 11.3. The number of benzene rings is 2. The number of amides is 1. The Kier molecular flexibility index (Phi) is 4.72. The second kappa shape index (κ2) is 7.52. The van der Waals surface area contributed by atoms with E-state index in [1.165, 1.54) is 16.9 Å². The minimum absolute atomic E-state index is 0.00278. The summed E-state index contributed by atoms with van der Waals surface area (Å²) in [7, 11) is 0. The topological polar surface area (TPSA) is 51.7 Å². The molecule has 148 valence electrons. The number of likely N-dealkylation sites (tertiary alicyclic amines) is 1. The molecule has 6 heteroatoms. The maximum atomic E-state index is 13.2. The van der Waals surface area contributed by atoms with Gasteiger partial charge in [0.15, 0.2) is 11.5 Å². The average molecular weight is 407 g/mol. The van der Waals surface area contributed by atoms with Crippen molar-refractivity contribution in [1.82, 2.24) is 9.88 Å². The Morgan fingerprint density at radius 3 is 2.72 bits per heavy atom. The fraction of sp³-hybridized carbons (Fsp3) is 0.304. The molecule has 0 spiro atoms. The predicted molar refractivity (Wildman–Crippen MR) is 113 cm³/mol. The highest BCUT2D eigenvalue weighted by atomic mass is 32.1. The Hall–Kier alpha value is -2.86. The van der Waals surface area contributed by atoms with Gasteiger partial charge in [-0.1, -0.05) is 35.9 Å². The Balaban J connectivity index is 1.39. The van der Waals surface area contributed by atoms with Crippen molar-refractivity contribution in [2.75, 3.05) is 19.8 Å². The number of ether oxygens (including phenoxy) is 2.